The third-order valence-electron chi connectivity index (χ3n) is 3.16. The third-order valence-corrected chi connectivity index (χ3v) is 3.16. The molecule has 0 aliphatic carbocycles. The highest BCUT2D eigenvalue weighted by molar-refractivity contribution is 5.74. The molecule has 0 bridgehead atoms. The Morgan fingerprint density at radius 2 is 1.67 bits per heavy atom. The molecule has 1 aliphatic rings. The normalized spacial score (nSPS) is 29.3. The van der Waals surface area contributed by atoms with Crippen LogP contribution in [-0.2, 0) is 38.1 Å². The smallest absolute Gasteiger partial charge is 0.303 e. The van der Waals surface area contributed by atoms with Crippen LogP contribution in [0.4, 0.5) is 0 Å². The largest absolute Gasteiger partial charge is 0.463 e. The summed E-state index contributed by atoms with van der Waals surface area (Å²) in [5.41, 5.74) is 4.50. The van der Waals surface area contributed by atoms with Crippen molar-refractivity contribution in [3.05, 3.63) is 0 Å². The zero-order valence-electron chi connectivity index (χ0n) is 14.0. The van der Waals surface area contributed by atoms with E-state index in [9.17, 15) is 19.2 Å². The molecule has 0 radical (unpaired) electrons. The van der Waals surface area contributed by atoms with Crippen molar-refractivity contribution in [1.29, 1.82) is 0 Å². The lowest BCUT2D eigenvalue weighted by molar-refractivity contribution is -0.222. The second-order valence-electron chi connectivity index (χ2n) is 5.48. The molecule has 1 saturated heterocycles. The van der Waals surface area contributed by atoms with Crippen LogP contribution in [0.3, 0.4) is 0 Å². The summed E-state index contributed by atoms with van der Waals surface area (Å²) in [4.78, 5) is 45.2. The van der Waals surface area contributed by atoms with Crippen molar-refractivity contribution < 1.29 is 38.1 Å². The van der Waals surface area contributed by atoms with Gasteiger partial charge < -0.3 is 30.0 Å². The van der Waals surface area contributed by atoms with E-state index in [4.69, 9.17) is 24.7 Å². The van der Waals surface area contributed by atoms with Gasteiger partial charge in [0.2, 0.25) is 5.91 Å². The van der Waals surface area contributed by atoms with Gasteiger partial charge in [0, 0.05) is 27.7 Å². The molecule has 0 saturated carbocycles. The van der Waals surface area contributed by atoms with Gasteiger partial charge in [0.1, 0.15) is 12.7 Å². The van der Waals surface area contributed by atoms with E-state index in [2.05, 4.69) is 5.32 Å². The fraction of sp³-hybridized carbons (Fsp3) is 0.714. The summed E-state index contributed by atoms with van der Waals surface area (Å²) in [6.07, 6.45) is -3.30. The van der Waals surface area contributed by atoms with Gasteiger partial charge in [-0.15, -0.1) is 0 Å². The van der Waals surface area contributed by atoms with Crippen molar-refractivity contribution in [2.75, 3.05) is 13.2 Å². The van der Waals surface area contributed by atoms with Crippen molar-refractivity contribution >= 4 is 23.8 Å². The van der Waals surface area contributed by atoms with Crippen molar-refractivity contribution in [2.24, 2.45) is 5.73 Å². The minimum atomic E-state index is -1.61. The van der Waals surface area contributed by atoms with Crippen molar-refractivity contribution in [2.45, 2.75) is 51.7 Å². The Kier molecular flexibility index (Phi) is 6.67. The molecule has 3 N–H and O–H groups in total. The first-order valence-corrected chi connectivity index (χ1v) is 7.22. The Bertz CT molecular complexity index is 523. The van der Waals surface area contributed by atoms with Gasteiger partial charge in [-0.2, -0.15) is 0 Å². The number of hydrogen-bond donors (Lipinski definition) is 2. The molecule has 1 fully saturated rings. The van der Waals surface area contributed by atoms with Gasteiger partial charge in [-0.1, -0.05) is 0 Å². The molecule has 1 aliphatic heterocycles. The minimum Gasteiger partial charge on any atom is -0.463 e. The first-order valence-electron chi connectivity index (χ1n) is 7.22. The lowest BCUT2D eigenvalue weighted by Gasteiger charge is -2.46. The van der Waals surface area contributed by atoms with E-state index in [-0.39, 0.29) is 13.2 Å². The summed E-state index contributed by atoms with van der Waals surface area (Å²) in [5.74, 6) is -2.42. The number of nitrogens with two attached hydrogens (primary N) is 1. The van der Waals surface area contributed by atoms with Gasteiger partial charge in [-0.05, 0) is 0 Å². The zero-order valence-corrected chi connectivity index (χ0v) is 14.0. The van der Waals surface area contributed by atoms with E-state index in [0.29, 0.717) is 0 Å². The summed E-state index contributed by atoms with van der Waals surface area (Å²) in [6, 6.07) is 0. The number of hydrogen-bond acceptors (Lipinski definition) is 9. The standard InChI is InChI=1S/C14H22N2O8/c1-7(17)16-14(15)6-22-11(5-21-8(2)18)12(23-9(3)19)13(14)24-10(4)20/h11-13H,5-6,15H2,1-4H3,(H,16,17)/t11-,12-,13+,14-/m1/s1. The monoisotopic (exact) mass is 346 g/mol. The molecule has 10 nitrogen and oxygen atoms in total. The third kappa shape index (κ3) is 5.46. The van der Waals surface area contributed by atoms with Crippen LogP contribution in [0.2, 0.25) is 0 Å². The van der Waals surface area contributed by atoms with Crippen LogP contribution in [0, 0.1) is 0 Å². The Hall–Kier alpha value is -2.20. The van der Waals surface area contributed by atoms with E-state index >= 15 is 0 Å². The SMILES string of the molecule is CC(=O)N[C@]1(N)CO[C@H](COC(C)=O)[C@@H](OC(C)=O)[C@@H]1OC(C)=O. The first-order chi connectivity index (χ1) is 11.0. The van der Waals surface area contributed by atoms with Gasteiger partial charge in [-0.25, -0.2) is 0 Å². The maximum Gasteiger partial charge on any atom is 0.303 e. The zero-order chi connectivity index (χ0) is 18.5. The predicted molar refractivity (Wildman–Crippen MR) is 78.2 cm³/mol. The molecular weight excluding hydrogens is 324 g/mol. The van der Waals surface area contributed by atoms with Crippen LogP contribution >= 0.6 is 0 Å². The maximum absolute atomic E-state index is 11.4. The van der Waals surface area contributed by atoms with Gasteiger partial charge >= 0.3 is 17.9 Å². The molecule has 1 amide bonds. The highest BCUT2D eigenvalue weighted by Gasteiger charge is 2.53. The molecule has 10 heteroatoms. The molecule has 24 heavy (non-hydrogen) atoms. The van der Waals surface area contributed by atoms with E-state index in [1.165, 1.54) is 13.8 Å². The number of ether oxygens (including phenoxy) is 4. The van der Waals surface area contributed by atoms with Crippen molar-refractivity contribution in [3.63, 3.8) is 0 Å². The number of nitrogens with one attached hydrogen (secondary N) is 1. The van der Waals surface area contributed by atoms with E-state index in [1.807, 2.05) is 0 Å². The van der Waals surface area contributed by atoms with Crippen LogP contribution in [-0.4, -0.2) is 61.0 Å². The van der Waals surface area contributed by atoms with Crippen molar-refractivity contribution in [1.82, 2.24) is 5.32 Å². The molecule has 0 aromatic carbocycles. The highest BCUT2D eigenvalue weighted by Crippen LogP contribution is 2.27. The summed E-state index contributed by atoms with van der Waals surface area (Å²) in [7, 11) is 0. The van der Waals surface area contributed by atoms with Crippen LogP contribution < -0.4 is 11.1 Å². The average molecular weight is 346 g/mol. The molecule has 136 valence electrons. The average Bonchev–Trinajstić information content (AvgIpc) is 2.40. The fourth-order valence-corrected chi connectivity index (χ4v) is 2.37. The topological polar surface area (TPSA) is 143 Å². The Labute approximate surface area is 138 Å². The quantitative estimate of drug-likeness (QED) is 0.349. The Balaban J connectivity index is 3.13. The van der Waals surface area contributed by atoms with Gasteiger partial charge in [0.15, 0.2) is 17.9 Å². The first kappa shape index (κ1) is 19.8. The second kappa shape index (κ2) is 8.06. The minimum absolute atomic E-state index is 0.235. The summed E-state index contributed by atoms with van der Waals surface area (Å²) in [6.45, 7) is 4.26. The Morgan fingerprint density at radius 3 is 2.12 bits per heavy atom. The summed E-state index contributed by atoms with van der Waals surface area (Å²) < 4.78 is 20.7. The van der Waals surface area contributed by atoms with Crippen LogP contribution in [0.1, 0.15) is 27.7 Å². The molecular formula is C14H22N2O8. The molecule has 4 atom stereocenters. The van der Waals surface area contributed by atoms with Crippen LogP contribution in [0.15, 0.2) is 0 Å². The van der Waals surface area contributed by atoms with Gasteiger partial charge in [0.25, 0.3) is 0 Å². The Morgan fingerprint density at radius 1 is 1.08 bits per heavy atom. The summed E-state index contributed by atoms with van der Waals surface area (Å²) in [5, 5.41) is 2.44. The molecule has 1 rings (SSSR count). The van der Waals surface area contributed by atoms with Crippen LogP contribution in [0.5, 0.6) is 0 Å². The van der Waals surface area contributed by atoms with Gasteiger partial charge in [-0.3, -0.25) is 19.2 Å². The van der Waals surface area contributed by atoms with E-state index in [0.717, 1.165) is 13.8 Å². The number of carbonyl (C=O) groups is 4. The molecule has 0 spiro atoms. The van der Waals surface area contributed by atoms with E-state index in [1.54, 1.807) is 0 Å². The summed E-state index contributed by atoms with van der Waals surface area (Å²) >= 11 is 0. The van der Waals surface area contributed by atoms with Crippen molar-refractivity contribution in [3.8, 4) is 0 Å². The van der Waals surface area contributed by atoms with E-state index < -0.39 is 47.8 Å². The predicted octanol–water partition coefficient (Wildman–Crippen LogP) is -1.40. The molecule has 1 heterocycles. The fourth-order valence-electron chi connectivity index (χ4n) is 2.37. The molecule has 0 aromatic heterocycles. The molecule has 0 aromatic rings. The van der Waals surface area contributed by atoms with Crippen LogP contribution in [0.25, 0.3) is 0 Å². The number of rotatable bonds is 5. The number of carbonyl (C=O) groups excluding carboxylic acids is 4. The number of amides is 1. The van der Waals surface area contributed by atoms with Gasteiger partial charge in [0.05, 0.1) is 6.61 Å². The highest BCUT2D eigenvalue weighted by atomic mass is 16.6. The second-order valence-corrected chi connectivity index (χ2v) is 5.48. The molecule has 0 unspecified atom stereocenters. The lowest BCUT2D eigenvalue weighted by Crippen LogP contribution is -2.75. The lowest BCUT2D eigenvalue weighted by atomic mass is 9.92. The maximum atomic E-state index is 11.4. The number of esters is 3.